The van der Waals surface area contributed by atoms with Gasteiger partial charge in [0.2, 0.25) is 0 Å². The van der Waals surface area contributed by atoms with Crippen molar-refractivity contribution < 1.29 is 22.2 Å². The molecule has 2 nitrogen and oxygen atoms in total. The third-order valence-corrected chi connectivity index (χ3v) is 7.64. The Morgan fingerprint density at radius 2 is 1.58 bits per heavy atom. The maximum atomic E-state index is 10.1. The first kappa shape index (κ1) is 23.0. The predicted molar refractivity (Wildman–Crippen MR) is 98.0 cm³/mol. The van der Waals surface area contributed by atoms with Crippen LogP contribution in [0.1, 0.15) is 32.6 Å². The van der Waals surface area contributed by atoms with Gasteiger partial charge in [-0.25, -0.2) is 0 Å². The van der Waals surface area contributed by atoms with E-state index in [1.807, 2.05) is 32.1 Å². The largest absolute Gasteiger partial charge is 2.00 e. The summed E-state index contributed by atoms with van der Waals surface area (Å²) < 4.78 is 0. The molecule has 3 aliphatic carbocycles. The summed E-state index contributed by atoms with van der Waals surface area (Å²) in [5.41, 5.74) is 0. The van der Waals surface area contributed by atoms with E-state index in [1.165, 1.54) is 30.0 Å². The molecular formula is C20H29FeNOSe+2. The van der Waals surface area contributed by atoms with Gasteiger partial charge in [0.1, 0.15) is 0 Å². The zero-order valence-corrected chi connectivity index (χ0v) is 17.7. The van der Waals surface area contributed by atoms with Crippen molar-refractivity contribution in [2.24, 2.45) is 0 Å². The molecule has 0 unspecified atom stereocenters. The number of rotatable bonds is 4. The van der Waals surface area contributed by atoms with Crippen LogP contribution in [0, 0.1) is 62.1 Å². The van der Waals surface area contributed by atoms with Gasteiger partial charge in [0.25, 0.3) is 0 Å². The van der Waals surface area contributed by atoms with Gasteiger partial charge in [-0.1, -0.05) is 0 Å². The number of nitrogens with zero attached hydrogens (tertiary/aromatic N) is 1. The van der Waals surface area contributed by atoms with Crippen LogP contribution in [0.2, 0.25) is 4.82 Å². The number of aliphatic hydroxyl groups excluding tert-OH is 1. The van der Waals surface area contributed by atoms with Crippen LogP contribution in [0.15, 0.2) is 0 Å². The van der Waals surface area contributed by atoms with Gasteiger partial charge in [0.05, 0.1) is 0 Å². The Morgan fingerprint density at radius 3 is 2.12 bits per heavy atom. The van der Waals surface area contributed by atoms with Crippen molar-refractivity contribution in [3.05, 3.63) is 62.1 Å². The quantitative estimate of drug-likeness (QED) is 0.688. The number of hydrogen-bond acceptors (Lipinski definition) is 2. The van der Waals surface area contributed by atoms with Crippen LogP contribution >= 0.6 is 0 Å². The smallest absolute Gasteiger partial charge is 0.0312 e. The van der Waals surface area contributed by atoms with Crippen LogP contribution in [0.3, 0.4) is 0 Å². The first-order chi connectivity index (χ1) is 11.1. The summed E-state index contributed by atoms with van der Waals surface area (Å²) in [6.45, 7) is 2.26. The molecule has 0 spiro atoms. The molecule has 4 heteroatoms. The van der Waals surface area contributed by atoms with E-state index in [9.17, 15) is 5.11 Å². The van der Waals surface area contributed by atoms with Gasteiger partial charge in [0, 0.05) is 0 Å². The first-order valence-corrected chi connectivity index (χ1v) is 10.4. The van der Waals surface area contributed by atoms with Gasteiger partial charge in [-0.15, -0.1) is 0 Å². The topological polar surface area (TPSA) is 23.5 Å². The fourth-order valence-electron chi connectivity index (χ4n) is 2.85. The normalized spacial score (nSPS) is 29.9. The molecular weight excluding hydrogens is 405 g/mol. The average Bonchev–Trinajstić information content (AvgIpc) is 3.23. The van der Waals surface area contributed by atoms with Gasteiger partial charge in [-0.05, 0) is 32.1 Å². The fourth-order valence-corrected chi connectivity index (χ4v) is 5.86. The minimum Gasteiger partial charge on any atom is -0.0312 e. The molecule has 3 rings (SSSR count). The molecule has 0 heterocycles. The van der Waals surface area contributed by atoms with Crippen LogP contribution in [-0.4, -0.2) is 51.2 Å². The van der Waals surface area contributed by atoms with E-state index in [0.717, 1.165) is 6.42 Å². The Kier molecular flexibility index (Phi) is 11.8. The number of hydrogen-bond donors (Lipinski definition) is 1. The molecule has 10 radical (unpaired) electrons. The minimum atomic E-state index is -0.0591. The molecule has 24 heavy (non-hydrogen) atoms. The van der Waals surface area contributed by atoms with E-state index >= 15 is 0 Å². The van der Waals surface area contributed by atoms with Gasteiger partial charge in [-0.3, -0.25) is 0 Å². The first-order valence-electron chi connectivity index (χ1n) is 8.53. The summed E-state index contributed by atoms with van der Waals surface area (Å²) in [7, 11) is 4.26. The van der Waals surface area contributed by atoms with Crippen LogP contribution in [0.25, 0.3) is 0 Å². The van der Waals surface area contributed by atoms with E-state index in [2.05, 4.69) is 45.2 Å². The Hall–Kier alpha value is 0.959. The zero-order chi connectivity index (χ0) is 16.7. The van der Waals surface area contributed by atoms with Crippen molar-refractivity contribution in [1.29, 1.82) is 0 Å². The van der Waals surface area contributed by atoms with Crippen molar-refractivity contribution in [3.63, 3.8) is 0 Å². The second kappa shape index (κ2) is 12.4. The summed E-state index contributed by atoms with van der Waals surface area (Å²) >= 11 is 0.420. The molecule has 0 amide bonds. The third kappa shape index (κ3) is 7.29. The van der Waals surface area contributed by atoms with Gasteiger partial charge >= 0.3 is 136 Å². The van der Waals surface area contributed by atoms with Crippen molar-refractivity contribution in [2.45, 2.75) is 49.6 Å². The van der Waals surface area contributed by atoms with Crippen LogP contribution in [0.5, 0.6) is 0 Å². The standard InChI is InChI=1S/C15H24NOSe.C5H5.Fe/c1-11(16(2)3)12-7-6-10-14(12)18-15-9-5-4-8-13(15)17;1-2-4-5-3-1;/h6-7,10-11,13,15,17H,4-5,8-9H2,1-3H3;1-5H;/q;;+2/t11-,13+,15+;;/m0../s1. The molecule has 0 aliphatic heterocycles. The molecule has 3 fully saturated rings. The summed E-state index contributed by atoms with van der Waals surface area (Å²) in [6, 6.07) is 0.470. The molecule has 0 aromatic heterocycles. The Balaban J connectivity index is 0.000000412. The second-order valence-electron chi connectivity index (χ2n) is 6.46. The summed E-state index contributed by atoms with van der Waals surface area (Å²) in [6.07, 6.45) is 21.3. The molecule has 0 aromatic rings. The van der Waals surface area contributed by atoms with Crippen molar-refractivity contribution in [2.75, 3.05) is 14.1 Å². The van der Waals surface area contributed by atoms with Crippen molar-refractivity contribution >= 4 is 15.0 Å². The predicted octanol–water partition coefficient (Wildman–Crippen LogP) is 3.12. The fraction of sp³-hybridized carbons (Fsp3) is 0.500. The summed E-state index contributed by atoms with van der Waals surface area (Å²) in [5.74, 6) is 1.46. The maximum absolute atomic E-state index is 10.1. The third-order valence-electron chi connectivity index (χ3n) is 4.53. The molecule has 3 atom stereocenters. The molecule has 3 saturated carbocycles. The molecule has 0 aromatic carbocycles. The van der Waals surface area contributed by atoms with E-state index in [0.29, 0.717) is 25.8 Å². The Labute approximate surface area is 167 Å². The van der Waals surface area contributed by atoms with Crippen LogP contribution in [0.4, 0.5) is 0 Å². The number of aliphatic hydroxyl groups is 1. The summed E-state index contributed by atoms with van der Waals surface area (Å²) in [4.78, 5) is 4.28. The molecule has 1 N–H and O–H groups in total. The SMILES string of the molecule is C[C@@H]([C]1[CH][CH][CH][C]1[Se][C@@H]1CCCC[C@H]1O)N(C)C.[CH]1[CH][CH][CH][CH]1.[Fe+2]. The van der Waals surface area contributed by atoms with Gasteiger partial charge < -0.3 is 0 Å². The molecule has 132 valence electrons. The van der Waals surface area contributed by atoms with E-state index in [1.54, 1.807) is 0 Å². The van der Waals surface area contributed by atoms with Crippen molar-refractivity contribution in [1.82, 2.24) is 4.90 Å². The zero-order valence-electron chi connectivity index (χ0n) is 14.8. The molecule has 0 bridgehead atoms. The monoisotopic (exact) mass is 435 g/mol. The van der Waals surface area contributed by atoms with Crippen molar-refractivity contribution in [3.8, 4) is 0 Å². The molecule has 3 aliphatic rings. The maximum Gasteiger partial charge on any atom is 2.00 e. The Morgan fingerprint density at radius 1 is 1.00 bits per heavy atom. The van der Waals surface area contributed by atoms with E-state index < -0.39 is 0 Å². The average molecular weight is 434 g/mol. The van der Waals surface area contributed by atoms with E-state index in [4.69, 9.17) is 0 Å². The summed E-state index contributed by atoms with van der Waals surface area (Å²) in [5, 5.41) is 10.1. The molecule has 0 saturated heterocycles. The van der Waals surface area contributed by atoms with E-state index in [-0.39, 0.29) is 23.2 Å². The van der Waals surface area contributed by atoms with Crippen LogP contribution in [-0.2, 0) is 17.1 Å². The van der Waals surface area contributed by atoms with Crippen LogP contribution < -0.4 is 0 Å². The Bertz CT molecular complexity index is 317. The van der Waals surface area contributed by atoms with Gasteiger partial charge in [-0.2, -0.15) is 0 Å². The minimum absolute atomic E-state index is 0. The van der Waals surface area contributed by atoms with Gasteiger partial charge in [0.15, 0.2) is 0 Å². The second-order valence-corrected chi connectivity index (χ2v) is 9.14.